The van der Waals surface area contributed by atoms with Gasteiger partial charge in [0.25, 0.3) is 5.91 Å². The second-order valence-corrected chi connectivity index (χ2v) is 7.32. The summed E-state index contributed by atoms with van der Waals surface area (Å²) >= 11 is 1.13. The number of carbonyl (C=O) groups excluding carboxylic acids is 2. The molecular weight excluding hydrogens is 288 g/mol. The molecule has 1 saturated carbocycles. The molecule has 0 atom stereocenters. The summed E-state index contributed by atoms with van der Waals surface area (Å²) in [6, 6.07) is 0.246. The number of amides is 1. The first-order valence-corrected chi connectivity index (χ1v) is 7.98. The Hall–Kier alpha value is -1.56. The van der Waals surface area contributed by atoms with Crippen molar-refractivity contribution in [3.63, 3.8) is 0 Å². The predicted octanol–water partition coefficient (Wildman–Crippen LogP) is 2.70. The SMILES string of the molecule is CCOC(=O)c1sc(N)c(C(=O)NC2CC2)c1C(C)(C)C. The minimum Gasteiger partial charge on any atom is -0.462 e. The number of rotatable bonds is 4. The third-order valence-electron chi connectivity index (χ3n) is 3.29. The maximum atomic E-state index is 12.4. The van der Waals surface area contributed by atoms with Crippen LogP contribution in [0.15, 0.2) is 0 Å². The summed E-state index contributed by atoms with van der Waals surface area (Å²) in [5, 5.41) is 3.32. The standard InChI is InChI=1S/C15H22N2O3S/c1-5-20-14(19)11-10(15(2,3)4)9(12(16)21-11)13(18)17-8-6-7-8/h8H,5-7,16H2,1-4H3,(H,17,18). The van der Waals surface area contributed by atoms with Gasteiger partial charge in [-0.25, -0.2) is 4.79 Å². The fraction of sp³-hybridized carbons (Fsp3) is 0.600. The van der Waals surface area contributed by atoms with E-state index in [1.54, 1.807) is 6.92 Å². The number of nitrogens with two attached hydrogens (primary N) is 1. The number of nitrogen functional groups attached to an aromatic ring is 1. The Labute approximate surface area is 128 Å². The Kier molecular flexibility index (Phi) is 4.27. The highest BCUT2D eigenvalue weighted by Crippen LogP contribution is 2.39. The van der Waals surface area contributed by atoms with Gasteiger partial charge in [-0.3, -0.25) is 4.79 Å². The van der Waals surface area contributed by atoms with Gasteiger partial charge in [0.15, 0.2) is 0 Å². The first-order valence-electron chi connectivity index (χ1n) is 7.16. The Morgan fingerprint density at radius 2 is 2.00 bits per heavy atom. The van der Waals surface area contributed by atoms with Gasteiger partial charge in [0.1, 0.15) is 4.88 Å². The van der Waals surface area contributed by atoms with Gasteiger partial charge in [-0.2, -0.15) is 0 Å². The number of nitrogens with one attached hydrogen (secondary N) is 1. The van der Waals surface area contributed by atoms with Gasteiger partial charge in [-0.05, 0) is 30.7 Å². The zero-order chi connectivity index (χ0) is 15.8. The van der Waals surface area contributed by atoms with Crippen LogP contribution in [-0.4, -0.2) is 24.5 Å². The van der Waals surface area contributed by atoms with E-state index in [1.807, 2.05) is 20.8 Å². The molecule has 1 heterocycles. The number of anilines is 1. The molecule has 116 valence electrons. The van der Waals surface area contributed by atoms with E-state index >= 15 is 0 Å². The average molecular weight is 310 g/mol. The molecule has 5 nitrogen and oxygen atoms in total. The molecular formula is C15H22N2O3S. The van der Waals surface area contributed by atoms with Crippen molar-refractivity contribution in [3.05, 3.63) is 16.0 Å². The first kappa shape index (κ1) is 15.8. The first-order chi connectivity index (χ1) is 9.75. The van der Waals surface area contributed by atoms with Crippen LogP contribution in [0, 0.1) is 0 Å². The van der Waals surface area contributed by atoms with Crippen molar-refractivity contribution < 1.29 is 14.3 Å². The quantitative estimate of drug-likeness (QED) is 0.838. The van der Waals surface area contributed by atoms with Crippen molar-refractivity contribution in [2.45, 2.75) is 52.0 Å². The molecule has 3 N–H and O–H groups in total. The normalized spacial score (nSPS) is 14.9. The van der Waals surface area contributed by atoms with Crippen LogP contribution in [-0.2, 0) is 10.2 Å². The number of esters is 1. The second kappa shape index (κ2) is 5.67. The lowest BCUT2D eigenvalue weighted by atomic mass is 9.84. The maximum absolute atomic E-state index is 12.4. The monoisotopic (exact) mass is 310 g/mol. The van der Waals surface area contributed by atoms with Gasteiger partial charge in [0.2, 0.25) is 0 Å². The number of carbonyl (C=O) groups is 2. The third kappa shape index (κ3) is 3.37. The predicted molar refractivity (Wildman–Crippen MR) is 83.9 cm³/mol. The molecule has 1 aliphatic carbocycles. The summed E-state index contributed by atoms with van der Waals surface area (Å²) in [5.74, 6) is -0.601. The van der Waals surface area contributed by atoms with Gasteiger partial charge in [0, 0.05) is 6.04 Å². The molecule has 0 radical (unpaired) electrons. The minimum absolute atomic E-state index is 0.188. The molecule has 0 aromatic carbocycles. The average Bonchev–Trinajstić information content (AvgIpc) is 3.08. The van der Waals surface area contributed by atoms with Gasteiger partial charge in [0.05, 0.1) is 17.2 Å². The molecule has 0 unspecified atom stereocenters. The Bertz CT molecular complexity index is 568. The van der Waals surface area contributed by atoms with Crippen molar-refractivity contribution in [1.82, 2.24) is 5.32 Å². The zero-order valence-corrected chi connectivity index (χ0v) is 13.7. The van der Waals surface area contributed by atoms with Gasteiger partial charge >= 0.3 is 5.97 Å². The molecule has 1 fully saturated rings. The van der Waals surface area contributed by atoms with E-state index in [-0.39, 0.29) is 17.4 Å². The summed E-state index contributed by atoms with van der Waals surface area (Å²) in [5.41, 5.74) is 6.77. The molecule has 1 aliphatic rings. The van der Waals surface area contributed by atoms with E-state index in [0.29, 0.717) is 27.6 Å². The van der Waals surface area contributed by atoms with Gasteiger partial charge in [-0.15, -0.1) is 11.3 Å². The van der Waals surface area contributed by atoms with E-state index in [0.717, 1.165) is 24.2 Å². The van der Waals surface area contributed by atoms with E-state index in [1.165, 1.54) is 0 Å². The lowest BCUT2D eigenvalue weighted by molar-refractivity contribution is 0.0529. The summed E-state index contributed by atoms with van der Waals surface area (Å²) in [6.07, 6.45) is 2.01. The highest BCUT2D eigenvalue weighted by molar-refractivity contribution is 7.18. The van der Waals surface area contributed by atoms with Crippen molar-refractivity contribution in [2.75, 3.05) is 12.3 Å². The summed E-state index contributed by atoms with van der Waals surface area (Å²) in [7, 11) is 0. The number of hydrogen-bond acceptors (Lipinski definition) is 5. The second-order valence-electron chi connectivity index (χ2n) is 6.26. The van der Waals surface area contributed by atoms with E-state index in [9.17, 15) is 9.59 Å². The van der Waals surface area contributed by atoms with Gasteiger partial charge < -0.3 is 15.8 Å². The van der Waals surface area contributed by atoms with Crippen LogP contribution in [0.4, 0.5) is 5.00 Å². The molecule has 0 spiro atoms. The molecule has 6 heteroatoms. The molecule has 1 aromatic rings. The summed E-state index contributed by atoms with van der Waals surface area (Å²) < 4.78 is 5.09. The third-order valence-corrected chi connectivity index (χ3v) is 4.28. The van der Waals surface area contributed by atoms with Gasteiger partial charge in [-0.1, -0.05) is 20.8 Å². The topological polar surface area (TPSA) is 81.4 Å². The van der Waals surface area contributed by atoms with Crippen LogP contribution in [0.1, 0.15) is 66.1 Å². The maximum Gasteiger partial charge on any atom is 0.348 e. The Morgan fingerprint density at radius 1 is 1.38 bits per heavy atom. The van der Waals surface area contributed by atoms with Crippen LogP contribution in [0.3, 0.4) is 0 Å². The largest absolute Gasteiger partial charge is 0.462 e. The van der Waals surface area contributed by atoms with Crippen LogP contribution < -0.4 is 11.1 Å². The molecule has 1 amide bonds. The van der Waals surface area contributed by atoms with Crippen molar-refractivity contribution in [2.24, 2.45) is 0 Å². The van der Waals surface area contributed by atoms with Crippen molar-refractivity contribution in [1.29, 1.82) is 0 Å². The van der Waals surface area contributed by atoms with Crippen molar-refractivity contribution in [3.8, 4) is 0 Å². The van der Waals surface area contributed by atoms with Crippen LogP contribution in [0.25, 0.3) is 0 Å². The van der Waals surface area contributed by atoms with E-state index in [2.05, 4.69) is 5.32 Å². The lowest BCUT2D eigenvalue weighted by Crippen LogP contribution is -2.29. The van der Waals surface area contributed by atoms with E-state index in [4.69, 9.17) is 10.5 Å². The Balaban J connectivity index is 2.47. The fourth-order valence-corrected chi connectivity index (χ4v) is 3.38. The molecule has 21 heavy (non-hydrogen) atoms. The molecule has 1 aromatic heterocycles. The van der Waals surface area contributed by atoms with E-state index < -0.39 is 5.97 Å². The highest BCUT2D eigenvalue weighted by Gasteiger charge is 2.35. The van der Waals surface area contributed by atoms with Crippen LogP contribution in [0.5, 0.6) is 0 Å². The molecule has 0 bridgehead atoms. The molecule has 2 rings (SSSR count). The minimum atomic E-state index is -0.412. The lowest BCUT2D eigenvalue weighted by Gasteiger charge is -2.21. The number of thiophene rings is 1. The highest BCUT2D eigenvalue weighted by atomic mass is 32.1. The number of hydrogen-bond donors (Lipinski definition) is 2. The summed E-state index contributed by atoms with van der Waals surface area (Å²) in [4.78, 5) is 25.0. The smallest absolute Gasteiger partial charge is 0.348 e. The molecule has 0 saturated heterocycles. The summed E-state index contributed by atoms with van der Waals surface area (Å²) in [6.45, 7) is 7.94. The number of ether oxygens (including phenoxy) is 1. The Morgan fingerprint density at radius 3 is 2.48 bits per heavy atom. The zero-order valence-electron chi connectivity index (χ0n) is 12.9. The van der Waals surface area contributed by atoms with Crippen molar-refractivity contribution >= 4 is 28.2 Å². The fourth-order valence-electron chi connectivity index (χ4n) is 2.22. The molecule has 0 aliphatic heterocycles. The van der Waals surface area contributed by atoms with Crippen LogP contribution >= 0.6 is 11.3 Å². The van der Waals surface area contributed by atoms with Crippen LogP contribution in [0.2, 0.25) is 0 Å².